The van der Waals surface area contributed by atoms with Gasteiger partial charge in [0, 0.05) is 5.69 Å². The second-order valence-corrected chi connectivity index (χ2v) is 2.68. The predicted molar refractivity (Wildman–Crippen MR) is 55.5 cm³/mol. The number of aromatic nitrogens is 2. The minimum Gasteiger partial charge on any atom is -0.480 e. The largest absolute Gasteiger partial charge is 0.480 e. The van der Waals surface area contributed by atoms with Crippen molar-refractivity contribution in [2.75, 3.05) is 0 Å². The lowest BCUT2D eigenvalue weighted by Gasteiger charge is -2.07. The first-order valence-corrected chi connectivity index (χ1v) is 4.68. The van der Waals surface area contributed by atoms with Crippen molar-refractivity contribution < 1.29 is 14.3 Å². The van der Waals surface area contributed by atoms with Gasteiger partial charge in [0.1, 0.15) is 6.04 Å². The number of aliphatic carboxylic acids is 1. The summed E-state index contributed by atoms with van der Waals surface area (Å²) in [6, 6.07) is -1.44. The Hall–Kier alpha value is -1.76. The van der Waals surface area contributed by atoms with Crippen LogP contribution < -0.4 is 11.3 Å². The summed E-state index contributed by atoms with van der Waals surface area (Å²) in [6.07, 6.45) is 0. The first kappa shape index (κ1) is 14.2. The highest BCUT2D eigenvalue weighted by Crippen LogP contribution is 2.09. The van der Waals surface area contributed by atoms with E-state index in [0.29, 0.717) is 0 Å². The van der Waals surface area contributed by atoms with Gasteiger partial charge in [0.05, 0.1) is 5.69 Å². The lowest BCUT2D eigenvalue weighted by atomic mass is 10.2. The molecule has 1 rings (SSSR count). The molecule has 0 radical (unpaired) electrons. The second kappa shape index (κ2) is 5.96. The Morgan fingerprint density at radius 3 is 2.50 bits per heavy atom. The quantitative estimate of drug-likeness (QED) is 0.679. The summed E-state index contributed by atoms with van der Waals surface area (Å²) >= 11 is 0. The number of hydrogen-bond donors (Lipinski definition) is 3. The van der Waals surface area contributed by atoms with Crippen LogP contribution in [-0.2, 0) is 4.79 Å². The molecule has 0 amide bonds. The summed E-state index contributed by atoms with van der Waals surface area (Å²) in [5.41, 5.74) is 4.17. The van der Waals surface area contributed by atoms with E-state index < -0.39 is 23.5 Å². The third-order valence-corrected chi connectivity index (χ3v) is 1.65. The number of nitrogens with two attached hydrogens (primary N) is 1. The maximum atomic E-state index is 12.7. The van der Waals surface area contributed by atoms with E-state index >= 15 is 0 Å². The fourth-order valence-electron chi connectivity index (χ4n) is 0.946. The number of aryl methyl sites for hydroxylation is 1. The molecular formula is C9H14FN3O3. The third kappa shape index (κ3) is 3.13. The highest BCUT2D eigenvalue weighted by atomic mass is 19.1. The number of nitrogens with one attached hydrogen (secondary N) is 1. The Kier molecular flexibility index (Phi) is 5.31. The van der Waals surface area contributed by atoms with E-state index in [1.165, 1.54) is 6.92 Å². The van der Waals surface area contributed by atoms with Gasteiger partial charge in [-0.05, 0) is 6.92 Å². The number of carboxylic acid groups (broad SMARTS) is 1. The van der Waals surface area contributed by atoms with Crippen LogP contribution in [-0.4, -0.2) is 21.0 Å². The maximum absolute atomic E-state index is 12.7. The number of H-pyrrole nitrogens is 1. The summed E-state index contributed by atoms with van der Waals surface area (Å²) in [5, 5.41) is 8.54. The highest BCUT2D eigenvalue weighted by molar-refractivity contribution is 5.74. The van der Waals surface area contributed by atoms with Crippen molar-refractivity contribution in [3.05, 3.63) is 27.7 Å². The van der Waals surface area contributed by atoms with Crippen molar-refractivity contribution in [1.29, 1.82) is 0 Å². The number of carbonyl (C=O) groups is 1. The summed E-state index contributed by atoms with van der Waals surface area (Å²) in [7, 11) is 0. The van der Waals surface area contributed by atoms with Crippen molar-refractivity contribution in [2.45, 2.75) is 26.8 Å². The molecule has 90 valence electrons. The molecule has 0 aliphatic heterocycles. The van der Waals surface area contributed by atoms with E-state index in [1.807, 2.05) is 13.8 Å². The number of hydrogen-bond acceptors (Lipinski definition) is 4. The molecule has 4 N–H and O–H groups in total. The normalized spacial score (nSPS) is 11.3. The molecule has 6 nitrogen and oxygen atoms in total. The minimum absolute atomic E-state index is 0.145. The van der Waals surface area contributed by atoms with Gasteiger partial charge in [-0.25, -0.2) is 4.98 Å². The van der Waals surface area contributed by atoms with E-state index in [-0.39, 0.29) is 11.4 Å². The predicted octanol–water partition coefficient (Wildman–Crippen LogP) is 0.328. The van der Waals surface area contributed by atoms with Crippen molar-refractivity contribution in [3.8, 4) is 0 Å². The molecule has 1 atom stereocenters. The van der Waals surface area contributed by atoms with E-state index in [9.17, 15) is 14.0 Å². The minimum atomic E-state index is -1.44. The van der Waals surface area contributed by atoms with Gasteiger partial charge in [0.2, 0.25) is 0 Å². The summed E-state index contributed by atoms with van der Waals surface area (Å²) in [6.45, 7) is 5.39. The number of rotatable bonds is 2. The van der Waals surface area contributed by atoms with E-state index in [0.717, 1.165) is 0 Å². The molecule has 1 unspecified atom stereocenters. The van der Waals surface area contributed by atoms with Crippen molar-refractivity contribution in [2.24, 2.45) is 5.73 Å². The van der Waals surface area contributed by atoms with Crippen molar-refractivity contribution >= 4 is 5.97 Å². The number of halogens is 1. The fraction of sp³-hybridized carbons (Fsp3) is 0.444. The molecular weight excluding hydrogens is 217 g/mol. The molecule has 7 heteroatoms. The summed E-state index contributed by atoms with van der Waals surface area (Å²) in [4.78, 5) is 26.5. The average Bonchev–Trinajstić information content (AvgIpc) is 2.25. The molecule has 0 bridgehead atoms. The molecule has 0 saturated carbocycles. The number of aromatic amines is 1. The van der Waals surface area contributed by atoms with Crippen LogP contribution in [0.1, 0.15) is 31.3 Å². The van der Waals surface area contributed by atoms with Crippen LogP contribution in [0.5, 0.6) is 0 Å². The molecule has 1 heterocycles. The standard InChI is InChI=1S/C7H8FN3O3.C2H6/c1-2-4(3(9)7(13)14)11-5(8)6(12)10-2;1-2/h3H,9H2,1H3,(H,10,12)(H,13,14);1-2H3. The number of nitrogens with zero attached hydrogens (tertiary/aromatic N) is 1. The molecule has 0 fully saturated rings. The highest BCUT2D eigenvalue weighted by Gasteiger charge is 2.20. The topological polar surface area (TPSA) is 109 Å². The van der Waals surface area contributed by atoms with Crippen molar-refractivity contribution in [3.63, 3.8) is 0 Å². The molecule has 0 aliphatic carbocycles. The first-order valence-electron chi connectivity index (χ1n) is 4.68. The summed E-state index contributed by atoms with van der Waals surface area (Å²) < 4.78 is 12.7. The van der Waals surface area contributed by atoms with Gasteiger partial charge in [0.25, 0.3) is 5.95 Å². The lowest BCUT2D eigenvalue weighted by Crippen LogP contribution is -2.27. The molecule has 0 aliphatic rings. The van der Waals surface area contributed by atoms with Crippen LogP contribution in [0.4, 0.5) is 4.39 Å². The second-order valence-electron chi connectivity index (χ2n) is 2.68. The van der Waals surface area contributed by atoms with Crippen LogP contribution >= 0.6 is 0 Å². The zero-order valence-corrected chi connectivity index (χ0v) is 9.24. The average molecular weight is 231 g/mol. The third-order valence-electron chi connectivity index (χ3n) is 1.65. The van der Waals surface area contributed by atoms with Crippen LogP contribution in [0.15, 0.2) is 4.79 Å². The van der Waals surface area contributed by atoms with Gasteiger partial charge in [-0.2, -0.15) is 4.39 Å². The van der Waals surface area contributed by atoms with E-state index in [2.05, 4.69) is 9.97 Å². The van der Waals surface area contributed by atoms with E-state index in [1.54, 1.807) is 0 Å². The smallest absolute Gasteiger partial charge is 0.326 e. The Balaban J connectivity index is 0.00000106. The van der Waals surface area contributed by atoms with Crippen LogP contribution in [0.25, 0.3) is 0 Å². The SMILES string of the molecule is CC.Cc1[nH]c(=O)c(F)nc1C(N)C(=O)O. The first-order chi connectivity index (χ1) is 7.43. The van der Waals surface area contributed by atoms with Gasteiger partial charge in [0.15, 0.2) is 0 Å². The molecule has 0 spiro atoms. The summed E-state index contributed by atoms with van der Waals surface area (Å²) in [5.74, 6) is -2.63. The monoisotopic (exact) mass is 231 g/mol. The van der Waals surface area contributed by atoms with Gasteiger partial charge in [-0.15, -0.1) is 0 Å². The Morgan fingerprint density at radius 2 is 2.06 bits per heavy atom. The zero-order chi connectivity index (χ0) is 12.9. The van der Waals surface area contributed by atoms with Crippen LogP contribution in [0, 0.1) is 12.9 Å². The van der Waals surface area contributed by atoms with Gasteiger partial charge in [-0.3, -0.25) is 9.59 Å². The fourth-order valence-corrected chi connectivity index (χ4v) is 0.946. The number of carboxylic acids is 1. The van der Waals surface area contributed by atoms with Gasteiger partial charge >= 0.3 is 11.5 Å². The van der Waals surface area contributed by atoms with Crippen molar-refractivity contribution in [1.82, 2.24) is 9.97 Å². The van der Waals surface area contributed by atoms with Crippen LogP contribution in [0.3, 0.4) is 0 Å². The van der Waals surface area contributed by atoms with E-state index in [4.69, 9.17) is 10.8 Å². The Labute approximate surface area is 91.3 Å². The molecule has 1 aromatic rings. The Bertz CT molecular complexity index is 430. The molecule has 1 aromatic heterocycles. The lowest BCUT2D eigenvalue weighted by molar-refractivity contribution is -0.138. The molecule has 0 saturated heterocycles. The maximum Gasteiger partial charge on any atom is 0.326 e. The van der Waals surface area contributed by atoms with Gasteiger partial charge in [-0.1, -0.05) is 13.8 Å². The molecule has 16 heavy (non-hydrogen) atoms. The van der Waals surface area contributed by atoms with Crippen LogP contribution in [0.2, 0.25) is 0 Å². The molecule has 0 aromatic carbocycles. The Morgan fingerprint density at radius 1 is 1.56 bits per heavy atom. The zero-order valence-electron chi connectivity index (χ0n) is 9.24. The van der Waals surface area contributed by atoms with Gasteiger partial charge < -0.3 is 15.8 Å².